The van der Waals surface area contributed by atoms with Crippen molar-refractivity contribution in [3.63, 3.8) is 0 Å². The van der Waals surface area contributed by atoms with Crippen LogP contribution in [0.25, 0.3) is 0 Å². The molecule has 3 nitrogen and oxygen atoms in total. The van der Waals surface area contributed by atoms with Crippen LogP contribution in [0.2, 0.25) is 0 Å². The maximum Gasteiger partial charge on any atom is 0.163 e. The van der Waals surface area contributed by atoms with Crippen molar-refractivity contribution < 1.29 is 4.39 Å². The van der Waals surface area contributed by atoms with Crippen LogP contribution >= 0.6 is 11.8 Å². The van der Waals surface area contributed by atoms with Gasteiger partial charge in [-0.1, -0.05) is 48.2 Å². The summed E-state index contributed by atoms with van der Waals surface area (Å²) in [4.78, 5) is 9.70. The van der Waals surface area contributed by atoms with Gasteiger partial charge >= 0.3 is 0 Å². The summed E-state index contributed by atoms with van der Waals surface area (Å²) in [7, 11) is 0. The zero-order chi connectivity index (χ0) is 21.1. The van der Waals surface area contributed by atoms with E-state index < -0.39 is 0 Å². The number of benzene rings is 2. The van der Waals surface area contributed by atoms with E-state index in [1.807, 2.05) is 0 Å². The van der Waals surface area contributed by atoms with Gasteiger partial charge in [-0.3, -0.25) is 0 Å². The van der Waals surface area contributed by atoms with Gasteiger partial charge in [0.15, 0.2) is 5.17 Å². The van der Waals surface area contributed by atoms with Gasteiger partial charge in [-0.05, 0) is 55.9 Å². The molecular weight excluding hydrogens is 393 g/mol. The lowest BCUT2D eigenvalue weighted by Crippen LogP contribution is -2.61. The topological polar surface area (TPSA) is 18.8 Å². The molecule has 2 aromatic rings. The smallest absolute Gasteiger partial charge is 0.163 e. The summed E-state index contributed by atoms with van der Waals surface area (Å²) in [6, 6.07) is 15.5. The second-order valence-corrected chi connectivity index (χ2v) is 9.42. The van der Waals surface area contributed by atoms with Crippen LogP contribution < -0.4 is 4.90 Å². The van der Waals surface area contributed by atoms with Crippen LogP contribution in [-0.4, -0.2) is 42.5 Å². The highest BCUT2D eigenvalue weighted by atomic mass is 32.2. The lowest BCUT2D eigenvalue weighted by Gasteiger charge is -2.55. The normalized spacial score (nSPS) is 18.4. The van der Waals surface area contributed by atoms with E-state index >= 15 is 0 Å². The number of hydrogen-bond acceptors (Lipinski definition) is 3. The number of aryl methyl sites for hydroxylation is 1. The summed E-state index contributed by atoms with van der Waals surface area (Å²) in [6.45, 7) is 10.7. The average Bonchev–Trinajstić information content (AvgIpc) is 2.73. The fourth-order valence-corrected chi connectivity index (χ4v) is 5.08. The van der Waals surface area contributed by atoms with Gasteiger partial charge in [-0.25, -0.2) is 9.38 Å². The van der Waals surface area contributed by atoms with Crippen molar-refractivity contribution in [1.29, 1.82) is 0 Å². The fraction of sp³-hybridized carbons (Fsp3) is 0.400. The van der Waals surface area contributed by atoms with E-state index in [2.05, 4.69) is 53.8 Å². The second kappa shape index (κ2) is 8.84. The molecule has 5 heteroatoms. The monoisotopic (exact) mass is 423 g/mol. The van der Waals surface area contributed by atoms with Crippen molar-refractivity contribution in [2.45, 2.75) is 26.2 Å². The first-order valence-corrected chi connectivity index (χ1v) is 11.8. The molecule has 2 heterocycles. The van der Waals surface area contributed by atoms with Crippen LogP contribution in [0.3, 0.4) is 0 Å². The Morgan fingerprint density at radius 3 is 2.30 bits per heavy atom. The van der Waals surface area contributed by atoms with Crippen molar-refractivity contribution in [3.05, 3.63) is 77.8 Å². The minimum atomic E-state index is -0.211. The first-order chi connectivity index (χ1) is 14.5. The van der Waals surface area contributed by atoms with Crippen molar-refractivity contribution in [3.8, 4) is 0 Å². The molecule has 0 radical (unpaired) electrons. The molecule has 1 spiro atoms. The van der Waals surface area contributed by atoms with Gasteiger partial charge in [-0.2, -0.15) is 0 Å². The summed E-state index contributed by atoms with van der Waals surface area (Å²) in [5.41, 5.74) is 4.94. The number of thioether (sulfide) groups is 1. The van der Waals surface area contributed by atoms with E-state index in [4.69, 9.17) is 4.99 Å². The van der Waals surface area contributed by atoms with Gasteiger partial charge in [0.25, 0.3) is 0 Å². The summed E-state index contributed by atoms with van der Waals surface area (Å²) >= 11 is 1.69. The Bertz CT molecular complexity index is 904. The highest BCUT2D eigenvalue weighted by molar-refractivity contribution is 8.13. The third kappa shape index (κ3) is 4.72. The highest BCUT2D eigenvalue weighted by Crippen LogP contribution is 2.42. The number of hydrogen-bond donors (Lipinski definition) is 0. The molecule has 2 aliphatic heterocycles. The third-order valence-electron chi connectivity index (χ3n) is 6.30. The van der Waals surface area contributed by atoms with Gasteiger partial charge < -0.3 is 9.80 Å². The molecule has 2 aliphatic rings. The van der Waals surface area contributed by atoms with Gasteiger partial charge in [0, 0.05) is 49.4 Å². The number of anilines is 1. The van der Waals surface area contributed by atoms with Crippen LogP contribution in [0.4, 0.5) is 10.1 Å². The minimum Gasteiger partial charge on any atom is -0.371 e. The fourth-order valence-electron chi connectivity index (χ4n) is 4.47. The average molecular weight is 424 g/mol. The molecule has 0 atom stereocenters. The summed E-state index contributed by atoms with van der Waals surface area (Å²) < 4.78 is 13.1. The van der Waals surface area contributed by atoms with Crippen LogP contribution in [0, 0.1) is 18.2 Å². The predicted molar refractivity (Wildman–Crippen MR) is 127 cm³/mol. The molecule has 0 aliphatic carbocycles. The number of likely N-dealkylation sites (tertiary alicyclic amines) is 1. The highest BCUT2D eigenvalue weighted by Gasteiger charge is 2.45. The van der Waals surface area contributed by atoms with Crippen molar-refractivity contribution in [1.82, 2.24) is 4.90 Å². The van der Waals surface area contributed by atoms with Crippen molar-refractivity contribution >= 4 is 22.6 Å². The number of halogens is 1. The largest absolute Gasteiger partial charge is 0.371 e. The Kier molecular flexibility index (Phi) is 6.19. The molecule has 158 valence electrons. The van der Waals surface area contributed by atoms with Gasteiger partial charge in [0.2, 0.25) is 0 Å². The molecule has 0 bridgehead atoms. The van der Waals surface area contributed by atoms with Gasteiger partial charge in [0.05, 0.1) is 0 Å². The predicted octanol–water partition coefficient (Wildman–Crippen LogP) is 5.51. The molecule has 0 amide bonds. The first kappa shape index (κ1) is 21.0. The Morgan fingerprint density at radius 2 is 1.70 bits per heavy atom. The van der Waals surface area contributed by atoms with Gasteiger partial charge in [0.1, 0.15) is 5.82 Å². The SMILES string of the molecule is C=C(Cc1ccc(F)cc1)N=C(SC)N1CC2(CCN(c3ccc(C)cc3)CC2)C1. The number of rotatable bonds is 4. The summed E-state index contributed by atoms with van der Waals surface area (Å²) in [5, 5.41) is 1.05. The molecule has 4 rings (SSSR count). The Labute approximate surface area is 183 Å². The van der Waals surface area contributed by atoms with Crippen molar-refractivity contribution in [2.75, 3.05) is 37.3 Å². The summed E-state index contributed by atoms with van der Waals surface area (Å²) in [6.07, 6.45) is 5.19. The first-order valence-electron chi connectivity index (χ1n) is 10.6. The van der Waals surface area contributed by atoms with E-state index in [0.29, 0.717) is 11.8 Å². The molecule has 0 N–H and O–H groups in total. The Hall–Kier alpha value is -2.27. The van der Waals surface area contributed by atoms with E-state index in [1.54, 1.807) is 23.9 Å². The molecular formula is C25H30FN3S. The summed E-state index contributed by atoms with van der Waals surface area (Å²) in [5.74, 6) is -0.211. The minimum absolute atomic E-state index is 0.211. The van der Waals surface area contributed by atoms with E-state index in [1.165, 1.54) is 36.2 Å². The Morgan fingerprint density at radius 1 is 1.07 bits per heavy atom. The van der Waals surface area contributed by atoms with Crippen LogP contribution in [0.15, 0.2) is 65.8 Å². The lowest BCUT2D eigenvalue weighted by molar-refractivity contribution is 0.0359. The molecule has 2 saturated heterocycles. The number of nitrogens with zero attached hydrogens (tertiary/aromatic N) is 3. The number of amidine groups is 1. The molecule has 0 saturated carbocycles. The molecule has 2 fully saturated rings. The van der Waals surface area contributed by atoms with E-state index in [9.17, 15) is 4.39 Å². The van der Waals surface area contributed by atoms with Crippen LogP contribution in [0.1, 0.15) is 24.0 Å². The number of aliphatic imine (C=N–C) groups is 1. The van der Waals surface area contributed by atoms with Crippen LogP contribution in [-0.2, 0) is 6.42 Å². The van der Waals surface area contributed by atoms with Crippen LogP contribution in [0.5, 0.6) is 0 Å². The number of piperidine rings is 1. The van der Waals surface area contributed by atoms with E-state index in [0.717, 1.165) is 42.6 Å². The zero-order valence-electron chi connectivity index (χ0n) is 17.9. The molecule has 2 aromatic carbocycles. The lowest BCUT2D eigenvalue weighted by atomic mass is 9.72. The molecule has 0 aromatic heterocycles. The standard InChI is InChI=1S/C25H30FN3S/c1-19-4-10-23(11-5-19)28-14-12-25(13-15-28)17-29(18-25)24(30-3)27-20(2)16-21-6-8-22(26)9-7-21/h4-11H,2,12-18H2,1,3H3. The third-order valence-corrected chi connectivity index (χ3v) is 7.02. The zero-order valence-corrected chi connectivity index (χ0v) is 18.7. The van der Waals surface area contributed by atoms with Gasteiger partial charge in [-0.15, -0.1) is 0 Å². The van der Waals surface area contributed by atoms with Crippen molar-refractivity contribution in [2.24, 2.45) is 10.4 Å². The Balaban J connectivity index is 1.31. The quantitative estimate of drug-likeness (QED) is 0.477. The molecule has 0 unspecified atom stereocenters. The maximum absolute atomic E-state index is 13.1. The maximum atomic E-state index is 13.1. The second-order valence-electron chi connectivity index (χ2n) is 8.65. The van der Waals surface area contributed by atoms with E-state index in [-0.39, 0.29) is 5.82 Å². The number of allylic oxidation sites excluding steroid dienone is 1. The molecule has 30 heavy (non-hydrogen) atoms.